The van der Waals surface area contributed by atoms with Gasteiger partial charge in [0.2, 0.25) is 0 Å². The molecule has 3 aromatic rings. The molecule has 0 aliphatic carbocycles. The van der Waals surface area contributed by atoms with Gasteiger partial charge in [0.15, 0.2) is 0 Å². The number of likely N-dealkylation sites (tertiary alicyclic amines) is 1. The molecule has 1 aromatic heterocycles. The fraction of sp³-hybridized carbons (Fsp3) is 0.304. The summed E-state index contributed by atoms with van der Waals surface area (Å²) >= 11 is 1.55. The minimum absolute atomic E-state index is 0.0859. The fourth-order valence-corrected chi connectivity index (χ4v) is 3.96. The number of benzene rings is 2. The zero-order chi connectivity index (χ0) is 19.9. The number of carbonyl (C=O) groups excluding carboxylic acids is 1. The van der Waals surface area contributed by atoms with Crippen molar-refractivity contribution in [2.75, 3.05) is 13.1 Å². The van der Waals surface area contributed by atoms with Crippen molar-refractivity contribution in [3.05, 3.63) is 81.8 Å². The molecule has 1 fully saturated rings. The van der Waals surface area contributed by atoms with E-state index in [1.54, 1.807) is 29.0 Å². The lowest BCUT2D eigenvalue weighted by atomic mass is 10.1. The van der Waals surface area contributed by atoms with Gasteiger partial charge in [-0.15, -0.1) is 11.3 Å². The highest BCUT2D eigenvalue weighted by Gasteiger charge is 2.11. The number of nitrogens with one attached hydrogen (secondary N) is 1. The van der Waals surface area contributed by atoms with Crippen LogP contribution in [0.2, 0.25) is 0 Å². The van der Waals surface area contributed by atoms with Crippen molar-refractivity contribution in [2.45, 2.75) is 32.5 Å². The van der Waals surface area contributed by atoms with E-state index in [0.717, 1.165) is 23.6 Å². The second kappa shape index (κ2) is 9.67. The normalized spacial score (nSPS) is 14.1. The molecular weight excluding hydrogens is 382 g/mol. The van der Waals surface area contributed by atoms with E-state index in [2.05, 4.69) is 39.5 Å². The monoisotopic (exact) mass is 407 g/mol. The summed E-state index contributed by atoms with van der Waals surface area (Å²) in [6.07, 6.45) is 2.62. The molecule has 29 heavy (non-hydrogen) atoms. The summed E-state index contributed by atoms with van der Waals surface area (Å²) in [6.45, 7) is 4.37. The number of amides is 1. The molecule has 0 atom stereocenters. The van der Waals surface area contributed by atoms with Gasteiger partial charge >= 0.3 is 0 Å². The molecule has 0 bridgehead atoms. The van der Waals surface area contributed by atoms with Crippen LogP contribution in [-0.2, 0) is 19.7 Å². The van der Waals surface area contributed by atoms with Crippen LogP contribution in [0.1, 0.15) is 40.0 Å². The van der Waals surface area contributed by atoms with Crippen LogP contribution in [0.25, 0.3) is 0 Å². The number of ether oxygens (including phenoxy) is 1. The average Bonchev–Trinajstić information content (AvgIpc) is 3.46. The van der Waals surface area contributed by atoms with E-state index in [-0.39, 0.29) is 5.91 Å². The summed E-state index contributed by atoms with van der Waals surface area (Å²) in [6, 6.07) is 15.7. The predicted molar refractivity (Wildman–Crippen MR) is 115 cm³/mol. The van der Waals surface area contributed by atoms with Crippen LogP contribution in [-0.4, -0.2) is 28.9 Å². The Labute approximate surface area is 175 Å². The van der Waals surface area contributed by atoms with Crippen LogP contribution in [0.3, 0.4) is 0 Å². The lowest BCUT2D eigenvalue weighted by Crippen LogP contribution is -2.22. The highest BCUT2D eigenvalue weighted by molar-refractivity contribution is 7.07. The average molecular weight is 408 g/mol. The van der Waals surface area contributed by atoms with Crippen LogP contribution >= 0.6 is 11.3 Å². The maximum atomic E-state index is 12.4. The molecule has 2 heterocycles. The Kier molecular flexibility index (Phi) is 6.54. The van der Waals surface area contributed by atoms with Crippen molar-refractivity contribution in [1.29, 1.82) is 0 Å². The van der Waals surface area contributed by atoms with Crippen molar-refractivity contribution < 1.29 is 9.53 Å². The van der Waals surface area contributed by atoms with Gasteiger partial charge in [0.1, 0.15) is 12.4 Å². The molecule has 2 aromatic carbocycles. The van der Waals surface area contributed by atoms with Crippen LogP contribution < -0.4 is 10.1 Å². The Balaban J connectivity index is 1.24. The van der Waals surface area contributed by atoms with Crippen molar-refractivity contribution in [3.8, 4) is 5.75 Å². The first-order valence-corrected chi connectivity index (χ1v) is 10.9. The van der Waals surface area contributed by atoms with Gasteiger partial charge in [0, 0.05) is 24.0 Å². The Bertz CT molecular complexity index is 902. The summed E-state index contributed by atoms with van der Waals surface area (Å²) in [5, 5.41) is 4.94. The summed E-state index contributed by atoms with van der Waals surface area (Å²) < 4.78 is 5.68. The zero-order valence-electron chi connectivity index (χ0n) is 16.3. The minimum Gasteiger partial charge on any atom is -0.487 e. The second-order valence-corrected chi connectivity index (χ2v) is 7.99. The van der Waals surface area contributed by atoms with Gasteiger partial charge in [-0.3, -0.25) is 9.69 Å². The Morgan fingerprint density at radius 3 is 2.45 bits per heavy atom. The number of hydrogen-bond donors (Lipinski definition) is 1. The van der Waals surface area contributed by atoms with Crippen molar-refractivity contribution in [3.63, 3.8) is 0 Å². The summed E-state index contributed by atoms with van der Waals surface area (Å²) in [7, 11) is 0. The SMILES string of the molecule is O=C(NCc1ccc(CN2CCCC2)cc1)c1ccc(OCc2cscn2)cc1. The van der Waals surface area contributed by atoms with E-state index >= 15 is 0 Å². The van der Waals surface area contributed by atoms with Gasteiger partial charge in [0.25, 0.3) is 5.91 Å². The maximum Gasteiger partial charge on any atom is 0.251 e. The molecule has 0 radical (unpaired) electrons. The molecule has 0 unspecified atom stereocenters. The van der Waals surface area contributed by atoms with E-state index in [1.807, 2.05) is 17.5 Å². The summed E-state index contributed by atoms with van der Waals surface area (Å²) in [5.41, 5.74) is 5.75. The molecule has 4 rings (SSSR count). The highest BCUT2D eigenvalue weighted by Crippen LogP contribution is 2.15. The molecule has 0 saturated carbocycles. The third kappa shape index (κ3) is 5.65. The highest BCUT2D eigenvalue weighted by atomic mass is 32.1. The smallest absolute Gasteiger partial charge is 0.251 e. The van der Waals surface area contributed by atoms with Gasteiger partial charge in [-0.2, -0.15) is 0 Å². The van der Waals surface area contributed by atoms with Crippen LogP contribution in [0.5, 0.6) is 5.75 Å². The number of thiazole rings is 1. The van der Waals surface area contributed by atoms with Crippen molar-refractivity contribution in [2.24, 2.45) is 0 Å². The first-order valence-electron chi connectivity index (χ1n) is 9.94. The van der Waals surface area contributed by atoms with Gasteiger partial charge in [0.05, 0.1) is 11.2 Å². The second-order valence-electron chi connectivity index (χ2n) is 7.28. The third-order valence-electron chi connectivity index (χ3n) is 5.07. The topological polar surface area (TPSA) is 54.5 Å². The lowest BCUT2D eigenvalue weighted by molar-refractivity contribution is 0.0951. The number of rotatable bonds is 8. The molecule has 1 saturated heterocycles. The van der Waals surface area contributed by atoms with E-state index < -0.39 is 0 Å². The largest absolute Gasteiger partial charge is 0.487 e. The number of hydrogen-bond acceptors (Lipinski definition) is 5. The van der Waals surface area contributed by atoms with E-state index in [9.17, 15) is 4.79 Å². The third-order valence-corrected chi connectivity index (χ3v) is 5.70. The van der Waals surface area contributed by atoms with Crippen molar-refractivity contribution in [1.82, 2.24) is 15.2 Å². The molecule has 0 spiro atoms. The van der Waals surface area contributed by atoms with Crippen LogP contribution in [0.15, 0.2) is 59.4 Å². The first-order chi connectivity index (χ1) is 14.3. The Hall–Kier alpha value is -2.70. The number of nitrogens with zero attached hydrogens (tertiary/aromatic N) is 2. The van der Waals surface area contributed by atoms with Gasteiger partial charge in [-0.05, 0) is 61.3 Å². The molecule has 1 aliphatic rings. The quantitative estimate of drug-likeness (QED) is 0.607. The van der Waals surface area contributed by atoms with Gasteiger partial charge in [-0.25, -0.2) is 4.98 Å². The zero-order valence-corrected chi connectivity index (χ0v) is 17.2. The molecule has 6 heteroatoms. The minimum atomic E-state index is -0.0859. The summed E-state index contributed by atoms with van der Waals surface area (Å²) in [4.78, 5) is 19.1. The molecular formula is C23H25N3O2S. The van der Waals surface area contributed by atoms with Crippen LogP contribution in [0.4, 0.5) is 0 Å². The molecule has 1 aliphatic heterocycles. The summed E-state index contributed by atoms with van der Waals surface area (Å²) in [5.74, 6) is 0.639. The molecule has 1 amide bonds. The van der Waals surface area contributed by atoms with E-state index in [1.165, 1.54) is 31.5 Å². The van der Waals surface area contributed by atoms with Gasteiger partial charge < -0.3 is 10.1 Å². The van der Waals surface area contributed by atoms with E-state index in [0.29, 0.717) is 18.7 Å². The number of carbonyl (C=O) groups is 1. The van der Waals surface area contributed by atoms with Crippen LogP contribution in [0, 0.1) is 0 Å². The molecule has 5 nitrogen and oxygen atoms in total. The standard InChI is InChI=1S/C23H25N3O2S/c27-23(20-7-9-22(10-8-20)28-15-21-16-29-17-25-21)24-13-18-3-5-19(6-4-18)14-26-11-1-2-12-26/h3-10,16-17H,1-2,11-15H2,(H,24,27). The fourth-order valence-electron chi connectivity index (χ4n) is 3.41. The first kappa shape index (κ1) is 19.6. The van der Waals surface area contributed by atoms with Crippen molar-refractivity contribution >= 4 is 17.2 Å². The van der Waals surface area contributed by atoms with E-state index in [4.69, 9.17) is 4.74 Å². The Morgan fingerprint density at radius 2 is 1.76 bits per heavy atom. The van der Waals surface area contributed by atoms with Gasteiger partial charge in [-0.1, -0.05) is 24.3 Å². The maximum absolute atomic E-state index is 12.4. The predicted octanol–water partition coefficient (Wildman–Crippen LogP) is 4.25. The molecule has 150 valence electrons. The lowest BCUT2D eigenvalue weighted by Gasteiger charge is -2.14. The Morgan fingerprint density at radius 1 is 1.03 bits per heavy atom. The molecule has 1 N–H and O–H groups in total. The number of aromatic nitrogens is 1.